The minimum Gasteiger partial charge on any atom is -0.378 e. The molecule has 1 aromatic carbocycles. The summed E-state index contributed by atoms with van der Waals surface area (Å²) in [5.41, 5.74) is 2.13. The minimum absolute atomic E-state index is 0.575. The highest BCUT2D eigenvalue weighted by Gasteiger charge is 2.10. The first-order valence-electron chi connectivity index (χ1n) is 7.05. The van der Waals surface area contributed by atoms with Crippen molar-refractivity contribution in [3.63, 3.8) is 0 Å². The van der Waals surface area contributed by atoms with Gasteiger partial charge in [-0.1, -0.05) is 15.9 Å². The van der Waals surface area contributed by atoms with E-state index >= 15 is 0 Å². The Hall–Kier alpha value is -0.620. The zero-order valence-electron chi connectivity index (χ0n) is 12.5. The molecule has 0 spiro atoms. The number of likely N-dealkylation sites (N-methyl/N-ethyl adjacent to an activating group) is 1. The van der Waals surface area contributed by atoms with E-state index in [9.17, 15) is 0 Å². The van der Waals surface area contributed by atoms with Gasteiger partial charge in [0.15, 0.2) is 0 Å². The van der Waals surface area contributed by atoms with Crippen LogP contribution < -0.4 is 0 Å². The largest absolute Gasteiger partial charge is 0.378 e. The van der Waals surface area contributed by atoms with Crippen LogP contribution in [0.15, 0.2) is 22.7 Å². The normalized spacial score (nSPS) is 11.7. The lowest BCUT2D eigenvalue weighted by Gasteiger charge is -2.12. The fraction of sp³-hybridized carbons (Fsp3) is 0.533. The number of fused-ring (bicyclic) bond motifs is 1. The van der Waals surface area contributed by atoms with Crippen LogP contribution in [0.5, 0.6) is 0 Å². The highest BCUT2D eigenvalue weighted by Crippen LogP contribution is 2.21. The van der Waals surface area contributed by atoms with Gasteiger partial charge >= 0.3 is 0 Å². The van der Waals surface area contributed by atoms with E-state index in [0.29, 0.717) is 12.5 Å². The van der Waals surface area contributed by atoms with Gasteiger partial charge in [0.05, 0.1) is 24.2 Å². The van der Waals surface area contributed by atoms with Crippen LogP contribution in [0.3, 0.4) is 0 Å². The van der Waals surface area contributed by atoms with E-state index in [1.165, 1.54) is 0 Å². The standard InChI is InChI=1S/C15H21BrClN3O/c1-19(2)7-9-21-10-8-20-14-11-12(16)3-4-13(14)18-15(20)5-6-17/h3-4,11H,5-10H2,1-2H3. The summed E-state index contributed by atoms with van der Waals surface area (Å²) in [4.78, 5) is 6.78. The summed E-state index contributed by atoms with van der Waals surface area (Å²) in [5.74, 6) is 1.60. The number of aryl methyl sites for hydroxylation is 1. The fourth-order valence-electron chi connectivity index (χ4n) is 2.18. The van der Waals surface area contributed by atoms with Crippen molar-refractivity contribution < 1.29 is 4.74 Å². The Morgan fingerprint density at radius 2 is 2.14 bits per heavy atom. The summed E-state index contributed by atoms with van der Waals surface area (Å²) in [7, 11) is 4.09. The molecule has 0 saturated heterocycles. The van der Waals surface area contributed by atoms with E-state index in [2.05, 4.69) is 36.4 Å². The zero-order valence-corrected chi connectivity index (χ0v) is 14.8. The van der Waals surface area contributed by atoms with E-state index in [4.69, 9.17) is 16.3 Å². The van der Waals surface area contributed by atoms with Crippen LogP contribution >= 0.6 is 27.5 Å². The molecule has 116 valence electrons. The Kier molecular flexibility index (Phi) is 6.48. The number of hydrogen-bond acceptors (Lipinski definition) is 3. The van der Waals surface area contributed by atoms with Gasteiger partial charge in [-0.25, -0.2) is 4.98 Å². The molecule has 0 aliphatic carbocycles. The second kappa shape index (κ2) is 8.13. The number of rotatable bonds is 8. The van der Waals surface area contributed by atoms with Gasteiger partial charge in [-0.15, -0.1) is 11.6 Å². The van der Waals surface area contributed by atoms with Crippen LogP contribution in [-0.2, 0) is 17.7 Å². The van der Waals surface area contributed by atoms with E-state index in [0.717, 1.165) is 47.4 Å². The van der Waals surface area contributed by atoms with Gasteiger partial charge < -0.3 is 14.2 Å². The fourth-order valence-corrected chi connectivity index (χ4v) is 2.69. The topological polar surface area (TPSA) is 30.3 Å². The van der Waals surface area contributed by atoms with Gasteiger partial charge in [-0.05, 0) is 32.3 Å². The summed E-state index contributed by atoms with van der Waals surface area (Å²) in [6, 6.07) is 6.14. The molecule has 0 aliphatic heterocycles. The molecule has 2 aromatic rings. The average molecular weight is 375 g/mol. The summed E-state index contributed by atoms with van der Waals surface area (Å²) < 4.78 is 8.96. The quantitative estimate of drug-likeness (QED) is 0.525. The molecular weight excluding hydrogens is 354 g/mol. The molecule has 4 nitrogen and oxygen atoms in total. The lowest BCUT2D eigenvalue weighted by molar-refractivity contribution is 0.111. The summed E-state index contributed by atoms with van der Waals surface area (Å²) in [6.07, 6.45) is 0.769. The van der Waals surface area contributed by atoms with Gasteiger partial charge in [0, 0.05) is 29.9 Å². The maximum absolute atomic E-state index is 5.89. The van der Waals surface area contributed by atoms with Crippen LogP contribution in [0.4, 0.5) is 0 Å². The molecule has 0 bridgehead atoms. The van der Waals surface area contributed by atoms with E-state index in [-0.39, 0.29) is 0 Å². The van der Waals surface area contributed by atoms with Crippen LogP contribution in [0.1, 0.15) is 5.82 Å². The Labute approximate surface area is 139 Å². The Morgan fingerprint density at radius 1 is 1.33 bits per heavy atom. The van der Waals surface area contributed by atoms with Crippen molar-refractivity contribution >= 4 is 38.6 Å². The summed E-state index contributed by atoms with van der Waals surface area (Å²) >= 11 is 9.41. The third-order valence-electron chi connectivity index (χ3n) is 3.25. The molecule has 2 rings (SSSR count). The van der Waals surface area contributed by atoms with Crippen molar-refractivity contribution in [1.82, 2.24) is 14.5 Å². The minimum atomic E-state index is 0.575. The molecule has 6 heteroatoms. The lowest BCUT2D eigenvalue weighted by atomic mass is 10.3. The molecule has 21 heavy (non-hydrogen) atoms. The number of nitrogens with zero attached hydrogens (tertiary/aromatic N) is 3. The SMILES string of the molecule is CN(C)CCOCCn1c(CCCl)nc2ccc(Br)cc21. The summed E-state index contributed by atoms with van der Waals surface area (Å²) in [5, 5.41) is 0. The van der Waals surface area contributed by atoms with E-state index in [1.807, 2.05) is 26.2 Å². The molecule has 0 radical (unpaired) electrons. The molecular formula is C15H21BrClN3O. The number of hydrogen-bond donors (Lipinski definition) is 0. The van der Waals surface area contributed by atoms with Gasteiger partial charge in [-0.3, -0.25) is 0 Å². The van der Waals surface area contributed by atoms with Crippen molar-refractivity contribution in [2.45, 2.75) is 13.0 Å². The van der Waals surface area contributed by atoms with Crippen molar-refractivity contribution in [2.24, 2.45) is 0 Å². The van der Waals surface area contributed by atoms with Gasteiger partial charge in [0.1, 0.15) is 5.82 Å². The lowest BCUT2D eigenvalue weighted by Crippen LogP contribution is -2.19. The Bertz CT molecular complexity index is 586. The number of ether oxygens (including phenoxy) is 1. The van der Waals surface area contributed by atoms with Crippen LogP contribution in [-0.4, -0.2) is 54.2 Å². The van der Waals surface area contributed by atoms with Crippen LogP contribution in [0.2, 0.25) is 0 Å². The van der Waals surface area contributed by atoms with Gasteiger partial charge in [0.2, 0.25) is 0 Å². The number of alkyl halides is 1. The first-order chi connectivity index (χ1) is 10.1. The molecule has 0 unspecified atom stereocenters. The summed E-state index contributed by atoms with van der Waals surface area (Å²) in [6.45, 7) is 3.16. The van der Waals surface area contributed by atoms with Crippen molar-refractivity contribution in [3.05, 3.63) is 28.5 Å². The van der Waals surface area contributed by atoms with Gasteiger partial charge in [-0.2, -0.15) is 0 Å². The first-order valence-corrected chi connectivity index (χ1v) is 8.37. The molecule has 0 fully saturated rings. The third kappa shape index (κ3) is 4.68. The van der Waals surface area contributed by atoms with Crippen molar-refractivity contribution in [2.75, 3.05) is 39.7 Å². The molecule has 0 aliphatic rings. The van der Waals surface area contributed by atoms with Gasteiger partial charge in [0.25, 0.3) is 0 Å². The average Bonchev–Trinajstić information content (AvgIpc) is 2.76. The van der Waals surface area contributed by atoms with Crippen molar-refractivity contribution in [1.29, 1.82) is 0 Å². The van der Waals surface area contributed by atoms with Crippen LogP contribution in [0.25, 0.3) is 11.0 Å². The Balaban J connectivity index is 2.08. The molecule has 0 saturated carbocycles. The Morgan fingerprint density at radius 3 is 2.86 bits per heavy atom. The van der Waals surface area contributed by atoms with E-state index < -0.39 is 0 Å². The molecule has 0 amide bonds. The van der Waals surface area contributed by atoms with Crippen LogP contribution in [0, 0.1) is 0 Å². The number of halogens is 2. The predicted octanol–water partition coefficient (Wildman–Crippen LogP) is 3.16. The number of aromatic nitrogens is 2. The maximum atomic E-state index is 5.89. The van der Waals surface area contributed by atoms with E-state index in [1.54, 1.807) is 0 Å². The molecule has 1 heterocycles. The second-order valence-corrected chi connectivity index (χ2v) is 6.46. The monoisotopic (exact) mass is 373 g/mol. The third-order valence-corrected chi connectivity index (χ3v) is 3.93. The number of imidazole rings is 1. The molecule has 0 N–H and O–H groups in total. The maximum Gasteiger partial charge on any atom is 0.111 e. The predicted molar refractivity (Wildman–Crippen MR) is 91.2 cm³/mol. The zero-order chi connectivity index (χ0) is 15.2. The molecule has 0 atom stereocenters. The molecule has 1 aromatic heterocycles. The number of benzene rings is 1. The smallest absolute Gasteiger partial charge is 0.111 e. The first kappa shape index (κ1) is 16.7. The van der Waals surface area contributed by atoms with Crippen molar-refractivity contribution in [3.8, 4) is 0 Å². The highest BCUT2D eigenvalue weighted by molar-refractivity contribution is 9.10. The second-order valence-electron chi connectivity index (χ2n) is 5.17. The highest BCUT2D eigenvalue weighted by atomic mass is 79.9.